The zero-order chi connectivity index (χ0) is 18.0. The summed E-state index contributed by atoms with van der Waals surface area (Å²) in [5.41, 5.74) is 2.53. The Morgan fingerprint density at radius 2 is 1.88 bits per heavy atom. The quantitative estimate of drug-likeness (QED) is 0.829. The van der Waals surface area contributed by atoms with Crippen LogP contribution in [0.4, 0.5) is 0 Å². The van der Waals surface area contributed by atoms with Crippen molar-refractivity contribution in [3.8, 4) is 0 Å². The number of amides is 1. The second-order valence-electron chi connectivity index (χ2n) is 7.56. The predicted octanol–water partition coefficient (Wildman–Crippen LogP) is 4.05. The van der Waals surface area contributed by atoms with Gasteiger partial charge in [0.25, 0.3) is 0 Å². The van der Waals surface area contributed by atoms with Crippen LogP contribution in [0, 0.1) is 0 Å². The number of piperidine rings is 1. The summed E-state index contributed by atoms with van der Waals surface area (Å²) >= 11 is 1.79. The van der Waals surface area contributed by atoms with Crippen LogP contribution in [0.1, 0.15) is 36.3 Å². The van der Waals surface area contributed by atoms with E-state index >= 15 is 0 Å². The molecule has 4 rings (SSSR count). The van der Waals surface area contributed by atoms with E-state index in [0.29, 0.717) is 0 Å². The summed E-state index contributed by atoms with van der Waals surface area (Å²) in [6.45, 7) is 3.09. The molecule has 2 aliphatic rings. The van der Waals surface area contributed by atoms with Crippen LogP contribution in [0.2, 0.25) is 0 Å². The highest BCUT2D eigenvalue weighted by atomic mass is 32.2. The maximum atomic E-state index is 12.6. The number of hydrogen-bond acceptors (Lipinski definition) is 3. The molecule has 4 heteroatoms. The maximum Gasteiger partial charge on any atom is 0.228 e. The van der Waals surface area contributed by atoms with Crippen molar-refractivity contribution in [3.05, 3.63) is 65.7 Å². The molecule has 0 saturated carbocycles. The molecule has 1 spiro atoms. The van der Waals surface area contributed by atoms with Gasteiger partial charge >= 0.3 is 0 Å². The van der Waals surface area contributed by atoms with E-state index in [-0.39, 0.29) is 17.4 Å². The topological polar surface area (TPSA) is 32.3 Å². The number of benzene rings is 2. The van der Waals surface area contributed by atoms with Gasteiger partial charge in [-0.15, -0.1) is 11.8 Å². The summed E-state index contributed by atoms with van der Waals surface area (Å²) in [6, 6.07) is 19.0. The van der Waals surface area contributed by atoms with E-state index in [9.17, 15) is 4.79 Å². The molecule has 0 aliphatic carbocycles. The molecular formula is C22H26N2OS. The average Bonchev–Trinajstić information content (AvgIpc) is 3.01. The maximum absolute atomic E-state index is 12.6. The molecule has 2 aromatic carbocycles. The van der Waals surface area contributed by atoms with Crippen LogP contribution in [-0.2, 0) is 11.3 Å². The monoisotopic (exact) mass is 366 g/mol. The highest BCUT2D eigenvalue weighted by molar-refractivity contribution is 7.98. The van der Waals surface area contributed by atoms with Crippen LogP contribution in [-0.4, -0.2) is 35.7 Å². The number of carbonyl (C=O) groups is 1. The van der Waals surface area contributed by atoms with Gasteiger partial charge in [-0.3, -0.25) is 9.69 Å². The lowest BCUT2D eigenvalue weighted by atomic mass is 9.82. The molecule has 1 amide bonds. The van der Waals surface area contributed by atoms with Crippen molar-refractivity contribution >= 4 is 17.7 Å². The normalized spacial score (nSPS) is 22.5. The first kappa shape index (κ1) is 17.6. The van der Waals surface area contributed by atoms with Crippen molar-refractivity contribution in [1.82, 2.24) is 10.2 Å². The van der Waals surface area contributed by atoms with Gasteiger partial charge in [0.2, 0.25) is 5.91 Å². The Labute approximate surface area is 160 Å². The molecule has 2 aromatic rings. The highest BCUT2D eigenvalue weighted by Gasteiger charge is 2.45. The average molecular weight is 367 g/mol. The summed E-state index contributed by atoms with van der Waals surface area (Å²) in [4.78, 5) is 16.4. The summed E-state index contributed by atoms with van der Waals surface area (Å²) in [5, 5.41) is 3.35. The number of thioether (sulfide) groups is 1. The molecule has 3 nitrogen and oxygen atoms in total. The van der Waals surface area contributed by atoms with E-state index in [1.54, 1.807) is 11.8 Å². The SMILES string of the molecule is CSc1cccc(CN2CCC3(CC2)CC(c2ccccc2)C(=O)N3)c1. The van der Waals surface area contributed by atoms with Crippen molar-refractivity contribution in [1.29, 1.82) is 0 Å². The van der Waals surface area contributed by atoms with Gasteiger partial charge in [0.05, 0.1) is 5.92 Å². The fraction of sp³-hybridized carbons (Fsp3) is 0.409. The third-order valence-electron chi connectivity index (χ3n) is 5.86. The van der Waals surface area contributed by atoms with Crippen molar-refractivity contribution < 1.29 is 4.79 Å². The third-order valence-corrected chi connectivity index (χ3v) is 6.58. The summed E-state index contributed by atoms with van der Waals surface area (Å²) in [6.07, 6.45) is 5.15. The van der Waals surface area contributed by atoms with Crippen LogP contribution in [0.5, 0.6) is 0 Å². The molecule has 0 aromatic heterocycles. The molecule has 0 radical (unpaired) electrons. The number of rotatable bonds is 4. The number of nitrogens with one attached hydrogen (secondary N) is 1. The van der Waals surface area contributed by atoms with Crippen molar-refractivity contribution in [2.75, 3.05) is 19.3 Å². The van der Waals surface area contributed by atoms with Crippen molar-refractivity contribution in [3.63, 3.8) is 0 Å². The lowest BCUT2D eigenvalue weighted by molar-refractivity contribution is -0.121. The smallest absolute Gasteiger partial charge is 0.228 e. The van der Waals surface area contributed by atoms with E-state index in [2.05, 4.69) is 52.9 Å². The zero-order valence-corrected chi connectivity index (χ0v) is 16.1. The second kappa shape index (κ2) is 7.45. The van der Waals surface area contributed by atoms with E-state index < -0.39 is 0 Å². The Hall–Kier alpha value is -1.78. The van der Waals surface area contributed by atoms with Gasteiger partial charge in [-0.25, -0.2) is 0 Å². The van der Waals surface area contributed by atoms with E-state index in [1.165, 1.54) is 10.5 Å². The fourth-order valence-electron chi connectivity index (χ4n) is 4.33. The van der Waals surface area contributed by atoms with E-state index in [4.69, 9.17) is 0 Å². The van der Waals surface area contributed by atoms with Crippen molar-refractivity contribution in [2.24, 2.45) is 0 Å². The Bertz CT molecular complexity index is 769. The molecule has 1 unspecified atom stereocenters. The van der Waals surface area contributed by atoms with E-state index in [0.717, 1.165) is 44.5 Å². The largest absolute Gasteiger partial charge is 0.350 e. The van der Waals surface area contributed by atoms with Crippen LogP contribution in [0.15, 0.2) is 59.5 Å². The molecule has 1 N–H and O–H groups in total. The number of carbonyl (C=O) groups excluding carboxylic acids is 1. The molecule has 26 heavy (non-hydrogen) atoms. The lowest BCUT2D eigenvalue weighted by Gasteiger charge is -2.39. The van der Waals surface area contributed by atoms with Gasteiger partial charge in [0.1, 0.15) is 0 Å². The highest BCUT2D eigenvalue weighted by Crippen LogP contribution is 2.39. The molecule has 2 aliphatic heterocycles. The Morgan fingerprint density at radius 3 is 2.62 bits per heavy atom. The van der Waals surface area contributed by atoms with Gasteiger partial charge in [0, 0.05) is 30.1 Å². The van der Waals surface area contributed by atoms with Gasteiger partial charge < -0.3 is 5.32 Å². The van der Waals surface area contributed by atoms with Crippen LogP contribution < -0.4 is 5.32 Å². The minimum Gasteiger partial charge on any atom is -0.350 e. The Balaban J connectivity index is 1.38. The standard InChI is InChI=1S/C22H26N2OS/c1-26-19-9-5-6-17(14-19)16-24-12-10-22(11-13-24)15-20(21(25)23-22)18-7-3-2-4-8-18/h2-9,14,20H,10-13,15-16H2,1H3,(H,23,25). The summed E-state index contributed by atoms with van der Waals surface area (Å²) in [7, 11) is 0. The van der Waals surface area contributed by atoms with Gasteiger partial charge in [0.15, 0.2) is 0 Å². The first-order chi connectivity index (χ1) is 12.7. The molecule has 2 fully saturated rings. The van der Waals surface area contributed by atoms with Gasteiger partial charge in [-0.2, -0.15) is 0 Å². The lowest BCUT2D eigenvalue weighted by Crippen LogP contribution is -2.50. The van der Waals surface area contributed by atoms with Crippen LogP contribution in [0.25, 0.3) is 0 Å². The van der Waals surface area contributed by atoms with Crippen LogP contribution >= 0.6 is 11.8 Å². The molecule has 2 heterocycles. The molecule has 1 atom stereocenters. The molecule has 0 bridgehead atoms. The Kier molecular flexibility index (Phi) is 5.05. The molecule has 2 saturated heterocycles. The fourth-order valence-corrected chi connectivity index (χ4v) is 4.82. The Morgan fingerprint density at radius 1 is 1.12 bits per heavy atom. The number of likely N-dealkylation sites (tertiary alicyclic amines) is 1. The van der Waals surface area contributed by atoms with Gasteiger partial charge in [-0.1, -0.05) is 42.5 Å². The molecule has 136 valence electrons. The predicted molar refractivity (Wildman–Crippen MR) is 107 cm³/mol. The summed E-state index contributed by atoms with van der Waals surface area (Å²) in [5.74, 6) is 0.221. The van der Waals surface area contributed by atoms with Crippen molar-refractivity contribution in [2.45, 2.75) is 42.2 Å². The first-order valence-corrected chi connectivity index (χ1v) is 10.6. The van der Waals surface area contributed by atoms with Gasteiger partial charge in [-0.05, 0) is 48.8 Å². The first-order valence-electron chi connectivity index (χ1n) is 9.40. The van der Waals surface area contributed by atoms with E-state index in [1.807, 2.05) is 18.2 Å². The third kappa shape index (κ3) is 3.67. The zero-order valence-electron chi connectivity index (χ0n) is 15.3. The van der Waals surface area contributed by atoms with Crippen LogP contribution in [0.3, 0.4) is 0 Å². The minimum absolute atomic E-state index is 0.00475. The summed E-state index contributed by atoms with van der Waals surface area (Å²) < 4.78 is 0. The number of nitrogens with zero attached hydrogens (tertiary/aromatic N) is 1. The minimum atomic E-state index is -0.00475. The second-order valence-corrected chi connectivity index (χ2v) is 8.44. The number of hydrogen-bond donors (Lipinski definition) is 1. The molecular weight excluding hydrogens is 340 g/mol.